The van der Waals surface area contributed by atoms with Gasteiger partial charge in [0.25, 0.3) is 0 Å². The molecule has 3 rings (SSSR count). The van der Waals surface area contributed by atoms with Crippen LogP contribution in [0.15, 0.2) is 50.9 Å². The van der Waals surface area contributed by atoms with Crippen LogP contribution in [-0.2, 0) is 11.4 Å². The number of benzene rings is 2. The van der Waals surface area contributed by atoms with Crippen LogP contribution in [0.2, 0.25) is 0 Å². The van der Waals surface area contributed by atoms with Crippen molar-refractivity contribution in [3.8, 4) is 11.5 Å². The van der Waals surface area contributed by atoms with Gasteiger partial charge in [-0.1, -0.05) is 18.2 Å². The number of H-pyrrole nitrogens is 1. The highest BCUT2D eigenvalue weighted by atomic mass is 79.9. The molecule has 10 heteroatoms. The largest absolute Gasteiger partial charge is 0.493 e. The Labute approximate surface area is 184 Å². The lowest BCUT2D eigenvalue weighted by atomic mass is 10.2. The highest BCUT2D eigenvalue weighted by Crippen LogP contribution is 2.38. The minimum absolute atomic E-state index is 0.0111. The Hall–Kier alpha value is -2.85. The highest BCUT2D eigenvalue weighted by molar-refractivity contribution is 9.10. The minimum atomic E-state index is -1.11. The molecule has 1 aromatic heterocycles. The average molecular weight is 494 g/mol. The van der Waals surface area contributed by atoms with Gasteiger partial charge in [-0.25, -0.2) is 14.2 Å². The number of nitrogens with zero attached hydrogens (tertiary/aromatic N) is 2. The predicted octanol–water partition coefficient (Wildman–Crippen LogP) is 4.82. The second kappa shape index (κ2) is 9.77. The lowest BCUT2D eigenvalue weighted by molar-refractivity contribution is -0.131. The molecule has 0 atom stereocenters. The topological polar surface area (TPSA) is 97.3 Å². The summed E-state index contributed by atoms with van der Waals surface area (Å²) in [5.41, 5.74) is 0.968. The van der Waals surface area contributed by atoms with E-state index >= 15 is 0 Å². The van der Waals surface area contributed by atoms with Crippen LogP contribution in [0.3, 0.4) is 0 Å². The third kappa shape index (κ3) is 5.39. The van der Waals surface area contributed by atoms with Gasteiger partial charge in [-0.05, 0) is 64.5 Å². The first kappa shape index (κ1) is 21.8. The summed E-state index contributed by atoms with van der Waals surface area (Å²) < 4.78 is 25.5. The average Bonchev–Trinajstić information content (AvgIpc) is 3.12. The summed E-state index contributed by atoms with van der Waals surface area (Å²) in [6.07, 6.45) is 1.48. The summed E-state index contributed by atoms with van der Waals surface area (Å²) in [5, 5.41) is 16.4. The number of nitrogens with one attached hydrogen (secondary N) is 1. The Kier molecular flexibility index (Phi) is 7.11. The molecular weight excluding hydrogens is 477 g/mol. The van der Waals surface area contributed by atoms with Crippen molar-refractivity contribution in [2.45, 2.75) is 18.7 Å². The third-order valence-electron chi connectivity index (χ3n) is 3.87. The van der Waals surface area contributed by atoms with E-state index in [-0.39, 0.29) is 17.3 Å². The third-order valence-corrected chi connectivity index (χ3v) is 5.33. The molecule has 30 heavy (non-hydrogen) atoms. The van der Waals surface area contributed by atoms with Crippen LogP contribution in [0.5, 0.6) is 11.5 Å². The number of ether oxygens (including phenoxy) is 2. The zero-order chi connectivity index (χ0) is 21.7. The Morgan fingerprint density at radius 1 is 1.37 bits per heavy atom. The smallest absolute Gasteiger partial charge is 0.342 e. The lowest BCUT2D eigenvalue weighted by Gasteiger charge is -2.14. The van der Waals surface area contributed by atoms with E-state index in [2.05, 4.69) is 31.1 Å². The van der Waals surface area contributed by atoms with Crippen molar-refractivity contribution in [1.82, 2.24) is 15.2 Å². The van der Waals surface area contributed by atoms with E-state index in [9.17, 15) is 14.3 Å². The summed E-state index contributed by atoms with van der Waals surface area (Å²) in [6.45, 7) is 1.74. The zero-order valence-electron chi connectivity index (χ0n) is 16.0. The van der Waals surface area contributed by atoms with Gasteiger partial charge in [-0.3, -0.25) is 5.10 Å². The molecule has 0 amide bonds. The fourth-order valence-electron chi connectivity index (χ4n) is 2.48. The first-order chi connectivity index (χ1) is 14.4. The van der Waals surface area contributed by atoms with Crippen molar-refractivity contribution in [3.63, 3.8) is 0 Å². The number of rotatable bonds is 8. The second-order valence-corrected chi connectivity index (χ2v) is 7.90. The van der Waals surface area contributed by atoms with Gasteiger partial charge in [0, 0.05) is 5.56 Å². The number of hydrogen-bond donors (Lipinski definition) is 2. The molecule has 1 heterocycles. The summed E-state index contributed by atoms with van der Waals surface area (Å²) in [4.78, 5) is 15.8. The van der Waals surface area contributed by atoms with E-state index in [1.165, 1.54) is 19.3 Å². The molecule has 7 nitrogen and oxygen atoms in total. The molecule has 0 aliphatic rings. The Morgan fingerprint density at radius 2 is 2.13 bits per heavy atom. The van der Waals surface area contributed by atoms with Crippen LogP contribution in [0.1, 0.15) is 17.0 Å². The van der Waals surface area contributed by atoms with Crippen LogP contribution < -0.4 is 9.47 Å². The Morgan fingerprint density at radius 3 is 2.77 bits per heavy atom. The van der Waals surface area contributed by atoms with E-state index in [1.54, 1.807) is 37.3 Å². The van der Waals surface area contributed by atoms with Gasteiger partial charge in [0.1, 0.15) is 23.2 Å². The molecule has 0 aliphatic heterocycles. The number of methoxy groups -OCH3 is 1. The van der Waals surface area contributed by atoms with Crippen LogP contribution >= 0.6 is 27.7 Å². The maximum atomic E-state index is 13.8. The molecule has 156 valence electrons. The van der Waals surface area contributed by atoms with Crippen LogP contribution in [0.25, 0.3) is 6.08 Å². The van der Waals surface area contributed by atoms with Gasteiger partial charge in [0.05, 0.1) is 11.6 Å². The first-order valence-electron chi connectivity index (χ1n) is 8.63. The molecule has 0 aliphatic carbocycles. The van der Waals surface area contributed by atoms with E-state index in [1.807, 2.05) is 0 Å². The highest BCUT2D eigenvalue weighted by Gasteiger charge is 2.16. The molecule has 0 saturated carbocycles. The second-order valence-electron chi connectivity index (χ2n) is 6.03. The molecule has 2 aromatic carbocycles. The Balaban J connectivity index is 1.87. The van der Waals surface area contributed by atoms with Crippen LogP contribution in [-0.4, -0.2) is 33.4 Å². The summed E-state index contributed by atoms with van der Waals surface area (Å²) in [7, 11) is 1.47. The van der Waals surface area contributed by atoms with Crippen LogP contribution in [0, 0.1) is 12.7 Å². The van der Waals surface area contributed by atoms with Gasteiger partial charge >= 0.3 is 5.97 Å². The Bertz CT molecular complexity index is 1100. The van der Waals surface area contributed by atoms with E-state index in [4.69, 9.17) is 9.47 Å². The fourth-order valence-corrected chi connectivity index (χ4v) is 3.81. The first-order valence-corrected chi connectivity index (χ1v) is 10.2. The molecule has 0 unspecified atom stereocenters. The van der Waals surface area contributed by atoms with E-state index in [0.717, 1.165) is 11.8 Å². The number of carbonyl (C=O) groups is 1. The molecule has 0 radical (unpaired) electrons. The number of aryl methyl sites for hydroxylation is 1. The molecule has 0 bridgehead atoms. The lowest BCUT2D eigenvalue weighted by Crippen LogP contribution is -2.01. The molecule has 2 N–H and O–H groups in total. The van der Waals surface area contributed by atoms with Crippen molar-refractivity contribution in [1.29, 1.82) is 0 Å². The maximum absolute atomic E-state index is 13.8. The van der Waals surface area contributed by atoms with Crippen molar-refractivity contribution in [2.24, 2.45) is 0 Å². The van der Waals surface area contributed by atoms with Gasteiger partial charge < -0.3 is 14.6 Å². The van der Waals surface area contributed by atoms with Crippen molar-refractivity contribution in [3.05, 3.63) is 68.5 Å². The fraction of sp³-hybridized carbons (Fsp3) is 0.150. The van der Waals surface area contributed by atoms with Gasteiger partial charge in [-0.15, -0.1) is 5.10 Å². The van der Waals surface area contributed by atoms with Crippen molar-refractivity contribution >= 4 is 39.7 Å². The minimum Gasteiger partial charge on any atom is -0.493 e. The number of carboxylic acids is 1. The van der Waals surface area contributed by atoms with Crippen molar-refractivity contribution < 1.29 is 23.8 Å². The summed E-state index contributed by atoms with van der Waals surface area (Å²) >= 11 is 4.34. The van der Waals surface area contributed by atoms with Gasteiger partial charge in [0.2, 0.25) is 5.16 Å². The zero-order valence-corrected chi connectivity index (χ0v) is 18.4. The number of thioether (sulfide) groups is 1. The number of carboxylic acid groups (broad SMARTS) is 1. The number of aromatic amines is 1. The molecule has 0 saturated heterocycles. The number of aromatic nitrogens is 3. The van der Waals surface area contributed by atoms with Crippen molar-refractivity contribution in [2.75, 3.05) is 7.11 Å². The van der Waals surface area contributed by atoms with Gasteiger partial charge in [0.15, 0.2) is 11.5 Å². The van der Waals surface area contributed by atoms with Crippen LogP contribution in [0.4, 0.5) is 4.39 Å². The van der Waals surface area contributed by atoms with E-state index in [0.29, 0.717) is 38.1 Å². The molecular formula is C20H17BrFN3O4S. The van der Waals surface area contributed by atoms with E-state index < -0.39 is 5.97 Å². The molecule has 3 aromatic rings. The number of aliphatic carboxylic acids is 1. The monoisotopic (exact) mass is 493 g/mol. The summed E-state index contributed by atoms with van der Waals surface area (Å²) in [5.74, 6) is -0.139. The quantitative estimate of drug-likeness (QED) is 0.342. The number of hydrogen-bond acceptors (Lipinski definition) is 6. The summed E-state index contributed by atoms with van der Waals surface area (Å²) in [6, 6.07) is 9.64. The molecule has 0 fully saturated rings. The SMILES string of the molecule is COc1cc(/C=C(\Sc2n[nH]c(C)n2)C(=O)O)cc(Br)c1OCc1ccccc1F. The molecule has 0 spiro atoms. The predicted molar refractivity (Wildman–Crippen MR) is 114 cm³/mol. The van der Waals surface area contributed by atoms with Gasteiger partial charge in [-0.2, -0.15) is 0 Å². The number of halogens is 2. The normalized spacial score (nSPS) is 11.4. The maximum Gasteiger partial charge on any atom is 0.342 e. The standard InChI is InChI=1S/C20H17BrFN3O4S/c1-11-23-20(25-24-11)30-17(19(26)27)9-12-7-14(21)18(16(8-12)28-2)29-10-13-5-3-4-6-15(13)22/h3-9H,10H2,1-2H3,(H,26,27)(H,23,24,25)/b17-9-.